The van der Waals surface area contributed by atoms with Crippen LogP contribution in [0.4, 0.5) is 11.4 Å². The first kappa shape index (κ1) is 22.5. The molecule has 0 saturated carbocycles. The zero-order valence-electron chi connectivity index (χ0n) is 19.0. The van der Waals surface area contributed by atoms with E-state index in [0.717, 1.165) is 32.5 Å². The molecule has 170 valence electrons. The maximum absolute atomic E-state index is 13.5. The SMILES string of the molecule is CC(Nc1ccc(NCCN2CCC(O)CC2)c2c1C(=O)c1ccccc1C2=O)N(C)C. The van der Waals surface area contributed by atoms with Crippen LogP contribution in [0.15, 0.2) is 36.4 Å². The molecule has 3 N–H and O–H groups in total. The van der Waals surface area contributed by atoms with E-state index in [-0.39, 0.29) is 23.8 Å². The van der Waals surface area contributed by atoms with Crippen molar-refractivity contribution in [3.05, 3.63) is 58.7 Å². The Kier molecular flexibility index (Phi) is 6.60. The highest BCUT2D eigenvalue weighted by Crippen LogP contribution is 2.36. The van der Waals surface area contributed by atoms with E-state index in [1.807, 2.05) is 38.1 Å². The highest BCUT2D eigenvalue weighted by atomic mass is 16.3. The summed E-state index contributed by atoms with van der Waals surface area (Å²) in [5.74, 6) is -0.253. The molecule has 1 unspecified atom stereocenters. The predicted octanol–water partition coefficient (Wildman–Crippen LogP) is 2.65. The van der Waals surface area contributed by atoms with Gasteiger partial charge in [-0.05, 0) is 46.0 Å². The molecule has 32 heavy (non-hydrogen) atoms. The second kappa shape index (κ2) is 9.40. The highest BCUT2D eigenvalue weighted by molar-refractivity contribution is 6.31. The number of rotatable bonds is 7. The molecular weight excluding hydrogens is 404 g/mol. The fraction of sp³-hybridized carbons (Fsp3) is 0.440. The van der Waals surface area contributed by atoms with Gasteiger partial charge in [-0.3, -0.25) is 14.5 Å². The molecule has 7 nitrogen and oxygen atoms in total. The van der Waals surface area contributed by atoms with Crippen molar-refractivity contribution in [2.45, 2.75) is 32.0 Å². The molecule has 1 aliphatic carbocycles. The minimum absolute atomic E-state index is 0.00701. The van der Waals surface area contributed by atoms with E-state index >= 15 is 0 Å². The van der Waals surface area contributed by atoms with Gasteiger partial charge in [-0.2, -0.15) is 0 Å². The number of nitrogens with zero attached hydrogens (tertiary/aromatic N) is 2. The second-order valence-electron chi connectivity index (χ2n) is 8.90. The number of piperidine rings is 1. The van der Waals surface area contributed by atoms with Gasteiger partial charge in [0.05, 0.1) is 23.4 Å². The first-order chi connectivity index (χ1) is 15.4. The van der Waals surface area contributed by atoms with Crippen LogP contribution in [-0.2, 0) is 0 Å². The quantitative estimate of drug-likeness (QED) is 0.491. The topological polar surface area (TPSA) is 84.9 Å². The number of aliphatic hydroxyl groups excluding tert-OH is 1. The van der Waals surface area contributed by atoms with Crippen molar-refractivity contribution >= 4 is 22.9 Å². The van der Waals surface area contributed by atoms with Crippen molar-refractivity contribution in [3.8, 4) is 0 Å². The monoisotopic (exact) mass is 436 g/mol. The Balaban J connectivity index is 1.63. The molecule has 0 radical (unpaired) electrons. The maximum atomic E-state index is 13.5. The molecule has 0 amide bonds. The fourth-order valence-corrected chi connectivity index (χ4v) is 4.34. The van der Waals surface area contributed by atoms with Crippen LogP contribution in [0.3, 0.4) is 0 Å². The van der Waals surface area contributed by atoms with E-state index in [2.05, 4.69) is 15.5 Å². The fourth-order valence-electron chi connectivity index (χ4n) is 4.34. The highest BCUT2D eigenvalue weighted by Gasteiger charge is 2.34. The Morgan fingerprint density at radius 1 is 1.00 bits per heavy atom. The summed E-state index contributed by atoms with van der Waals surface area (Å²) >= 11 is 0. The number of benzene rings is 2. The van der Waals surface area contributed by atoms with Crippen LogP contribution in [-0.4, -0.2) is 79.0 Å². The summed E-state index contributed by atoms with van der Waals surface area (Å²) in [6.07, 6.45) is 1.39. The zero-order chi connectivity index (χ0) is 22.8. The Labute approximate surface area is 189 Å². The Morgan fingerprint density at radius 2 is 1.56 bits per heavy atom. The summed E-state index contributed by atoms with van der Waals surface area (Å²) in [6.45, 7) is 5.23. The number of fused-ring (bicyclic) bond motifs is 2. The molecule has 0 aromatic heterocycles. The number of hydrogen-bond acceptors (Lipinski definition) is 7. The van der Waals surface area contributed by atoms with Crippen molar-refractivity contribution in [1.82, 2.24) is 9.80 Å². The number of carbonyl (C=O) groups excluding carboxylic acids is 2. The number of nitrogens with one attached hydrogen (secondary N) is 2. The van der Waals surface area contributed by atoms with E-state index in [9.17, 15) is 14.7 Å². The summed E-state index contributed by atoms with van der Waals surface area (Å²) in [5, 5.41) is 16.5. The van der Waals surface area contributed by atoms with Gasteiger partial charge in [0.2, 0.25) is 0 Å². The standard InChI is InChI=1S/C25H32N4O3/c1-16(28(2)3)27-21-9-8-20(26-12-15-29-13-10-17(30)11-14-29)22-23(21)25(32)19-7-5-4-6-18(19)24(22)31/h4-9,16-17,26-27,30H,10-15H2,1-3H3. The Bertz CT molecular complexity index is 1010. The van der Waals surface area contributed by atoms with Crippen LogP contribution < -0.4 is 10.6 Å². The first-order valence-electron chi connectivity index (χ1n) is 11.3. The number of anilines is 2. The molecule has 1 aliphatic heterocycles. The lowest BCUT2D eigenvalue weighted by Crippen LogP contribution is -2.38. The number of hydrogen-bond donors (Lipinski definition) is 3. The van der Waals surface area contributed by atoms with Crippen LogP contribution in [0.25, 0.3) is 0 Å². The van der Waals surface area contributed by atoms with Gasteiger partial charge < -0.3 is 20.6 Å². The predicted molar refractivity (Wildman–Crippen MR) is 127 cm³/mol. The van der Waals surface area contributed by atoms with Crippen molar-refractivity contribution < 1.29 is 14.7 Å². The van der Waals surface area contributed by atoms with Crippen molar-refractivity contribution in [3.63, 3.8) is 0 Å². The Hall–Kier alpha value is -2.74. The Morgan fingerprint density at radius 3 is 2.16 bits per heavy atom. The second-order valence-corrected chi connectivity index (χ2v) is 8.90. The largest absolute Gasteiger partial charge is 0.393 e. The molecule has 4 rings (SSSR count). The van der Waals surface area contributed by atoms with Crippen LogP contribution in [0, 0.1) is 0 Å². The molecule has 1 saturated heterocycles. The molecule has 2 aromatic rings. The number of ketones is 2. The zero-order valence-corrected chi connectivity index (χ0v) is 19.0. The average molecular weight is 437 g/mol. The van der Waals surface area contributed by atoms with Gasteiger partial charge in [0, 0.05) is 48.7 Å². The summed E-state index contributed by atoms with van der Waals surface area (Å²) in [7, 11) is 3.92. The van der Waals surface area contributed by atoms with Gasteiger partial charge in [0.15, 0.2) is 11.6 Å². The molecule has 2 aliphatic rings. The van der Waals surface area contributed by atoms with E-state index in [0.29, 0.717) is 40.2 Å². The van der Waals surface area contributed by atoms with Crippen molar-refractivity contribution in [2.24, 2.45) is 0 Å². The number of carbonyl (C=O) groups is 2. The van der Waals surface area contributed by atoms with Gasteiger partial charge in [0.1, 0.15) is 0 Å². The molecular formula is C25H32N4O3. The lowest BCUT2D eigenvalue weighted by molar-refractivity contribution is 0.0845. The third kappa shape index (κ3) is 4.41. The summed E-state index contributed by atoms with van der Waals surface area (Å²) < 4.78 is 0. The van der Waals surface area contributed by atoms with Crippen molar-refractivity contribution in [1.29, 1.82) is 0 Å². The van der Waals surface area contributed by atoms with Gasteiger partial charge in [-0.15, -0.1) is 0 Å². The van der Waals surface area contributed by atoms with E-state index < -0.39 is 0 Å². The van der Waals surface area contributed by atoms with Gasteiger partial charge >= 0.3 is 0 Å². The van der Waals surface area contributed by atoms with Gasteiger partial charge in [-0.1, -0.05) is 24.3 Å². The third-order valence-electron chi connectivity index (χ3n) is 6.52. The molecule has 1 fully saturated rings. The van der Waals surface area contributed by atoms with Crippen LogP contribution in [0.5, 0.6) is 0 Å². The maximum Gasteiger partial charge on any atom is 0.196 e. The summed E-state index contributed by atoms with van der Waals surface area (Å²) in [6, 6.07) is 10.8. The van der Waals surface area contributed by atoms with Gasteiger partial charge in [-0.25, -0.2) is 0 Å². The smallest absolute Gasteiger partial charge is 0.196 e. The van der Waals surface area contributed by atoms with E-state index in [1.165, 1.54) is 0 Å². The van der Waals surface area contributed by atoms with Crippen LogP contribution in [0.2, 0.25) is 0 Å². The minimum atomic E-state index is -0.195. The van der Waals surface area contributed by atoms with Crippen molar-refractivity contribution in [2.75, 3.05) is 50.9 Å². The molecule has 1 atom stereocenters. The lowest BCUT2D eigenvalue weighted by Gasteiger charge is -2.30. The molecule has 0 spiro atoms. The van der Waals surface area contributed by atoms with Crippen LogP contribution in [0.1, 0.15) is 51.6 Å². The molecule has 2 aromatic carbocycles. The van der Waals surface area contributed by atoms with Crippen LogP contribution >= 0.6 is 0 Å². The average Bonchev–Trinajstić information content (AvgIpc) is 2.79. The summed E-state index contributed by atoms with van der Waals surface area (Å²) in [4.78, 5) is 31.3. The molecule has 0 bridgehead atoms. The van der Waals surface area contributed by atoms with E-state index in [1.54, 1.807) is 24.3 Å². The minimum Gasteiger partial charge on any atom is -0.393 e. The molecule has 7 heteroatoms. The lowest BCUT2D eigenvalue weighted by atomic mass is 9.82. The van der Waals surface area contributed by atoms with E-state index in [4.69, 9.17) is 0 Å². The molecule has 1 heterocycles. The summed E-state index contributed by atoms with van der Waals surface area (Å²) in [5.41, 5.74) is 3.15. The third-order valence-corrected chi connectivity index (χ3v) is 6.52. The number of aliphatic hydroxyl groups is 1. The number of likely N-dealkylation sites (tertiary alicyclic amines) is 1. The van der Waals surface area contributed by atoms with Gasteiger partial charge in [0.25, 0.3) is 0 Å². The first-order valence-corrected chi connectivity index (χ1v) is 11.3. The normalized spacial score (nSPS) is 17.8.